The van der Waals surface area contributed by atoms with E-state index in [1.54, 1.807) is 24.3 Å². The fraction of sp³-hybridized carbons (Fsp3) is 0.524. The van der Waals surface area contributed by atoms with E-state index < -0.39 is 30.9 Å². The lowest BCUT2D eigenvalue weighted by Gasteiger charge is -2.34. The molecule has 28 heavy (non-hydrogen) atoms. The molecule has 150 valence electrons. The summed E-state index contributed by atoms with van der Waals surface area (Å²) >= 11 is 0. The largest absolute Gasteiger partial charge is 0.454 e. The monoisotopic (exact) mass is 386 g/mol. The van der Waals surface area contributed by atoms with E-state index in [1.165, 1.54) is 0 Å². The SMILES string of the molecule is C[C@H]1[C@@H](NC(=O)COC(=O)CN2C(=O)Cc3ccccc3C2=O)CCC[C@@H]1C. The summed E-state index contributed by atoms with van der Waals surface area (Å²) in [5.74, 6) is -1.19. The highest BCUT2D eigenvalue weighted by atomic mass is 16.5. The van der Waals surface area contributed by atoms with Crippen LogP contribution >= 0.6 is 0 Å². The van der Waals surface area contributed by atoms with Crippen molar-refractivity contribution in [3.63, 3.8) is 0 Å². The fourth-order valence-electron chi connectivity index (χ4n) is 3.92. The topological polar surface area (TPSA) is 92.8 Å². The van der Waals surface area contributed by atoms with Gasteiger partial charge in [0.05, 0.1) is 6.42 Å². The predicted octanol–water partition coefficient (Wildman–Crippen LogP) is 1.70. The highest BCUT2D eigenvalue weighted by Gasteiger charge is 2.33. The lowest BCUT2D eigenvalue weighted by atomic mass is 9.78. The van der Waals surface area contributed by atoms with Crippen LogP contribution in [0.4, 0.5) is 0 Å². The number of nitrogens with zero attached hydrogens (tertiary/aromatic N) is 1. The Morgan fingerprint density at radius 2 is 1.93 bits per heavy atom. The molecule has 0 aromatic heterocycles. The first-order valence-corrected chi connectivity index (χ1v) is 9.74. The normalized spacial score (nSPS) is 24.5. The molecule has 1 aliphatic heterocycles. The summed E-state index contributed by atoms with van der Waals surface area (Å²) in [6.45, 7) is 3.39. The number of fused-ring (bicyclic) bond motifs is 1. The average Bonchev–Trinajstić information content (AvgIpc) is 2.67. The van der Waals surface area contributed by atoms with Crippen LogP contribution in [0.25, 0.3) is 0 Å². The Morgan fingerprint density at radius 1 is 1.18 bits per heavy atom. The number of rotatable bonds is 5. The van der Waals surface area contributed by atoms with Gasteiger partial charge in [-0.3, -0.25) is 24.1 Å². The van der Waals surface area contributed by atoms with Gasteiger partial charge in [-0.15, -0.1) is 0 Å². The van der Waals surface area contributed by atoms with Crippen LogP contribution < -0.4 is 5.32 Å². The van der Waals surface area contributed by atoms with Crippen molar-refractivity contribution >= 4 is 23.7 Å². The average molecular weight is 386 g/mol. The highest BCUT2D eigenvalue weighted by Crippen LogP contribution is 2.29. The van der Waals surface area contributed by atoms with Gasteiger partial charge in [-0.2, -0.15) is 0 Å². The molecule has 1 fully saturated rings. The first-order valence-electron chi connectivity index (χ1n) is 9.74. The number of esters is 1. The Balaban J connectivity index is 1.50. The van der Waals surface area contributed by atoms with Gasteiger partial charge in [0.25, 0.3) is 11.8 Å². The van der Waals surface area contributed by atoms with Gasteiger partial charge in [0.15, 0.2) is 6.61 Å². The molecule has 0 spiro atoms. The number of hydrogen-bond donors (Lipinski definition) is 1. The maximum absolute atomic E-state index is 12.4. The van der Waals surface area contributed by atoms with Gasteiger partial charge >= 0.3 is 5.97 Å². The van der Waals surface area contributed by atoms with Crippen LogP contribution in [-0.4, -0.2) is 47.8 Å². The van der Waals surface area contributed by atoms with E-state index in [0.717, 1.165) is 24.2 Å². The minimum atomic E-state index is -0.777. The molecule has 3 amide bonds. The first kappa shape index (κ1) is 20.0. The summed E-state index contributed by atoms with van der Waals surface area (Å²) in [5.41, 5.74) is 1.06. The van der Waals surface area contributed by atoms with Crippen LogP contribution in [0, 0.1) is 11.8 Å². The maximum atomic E-state index is 12.4. The van der Waals surface area contributed by atoms with E-state index in [4.69, 9.17) is 4.74 Å². The molecule has 0 radical (unpaired) electrons. The standard InChI is InChI=1S/C21H26N2O5/c1-13-6-5-9-17(14(13)2)22-18(24)12-28-20(26)11-23-19(25)10-15-7-3-4-8-16(15)21(23)27/h3-4,7-8,13-14,17H,5-6,9-12H2,1-2H3,(H,22,24)/t13-,14+,17-/m0/s1. The zero-order valence-electron chi connectivity index (χ0n) is 16.3. The van der Waals surface area contributed by atoms with E-state index in [1.807, 2.05) is 0 Å². The van der Waals surface area contributed by atoms with Gasteiger partial charge in [0.1, 0.15) is 6.54 Å². The Labute approximate surface area is 164 Å². The van der Waals surface area contributed by atoms with Gasteiger partial charge in [-0.1, -0.05) is 44.9 Å². The summed E-state index contributed by atoms with van der Waals surface area (Å²) < 4.78 is 5.00. The van der Waals surface area contributed by atoms with E-state index in [0.29, 0.717) is 23.0 Å². The van der Waals surface area contributed by atoms with Crippen molar-refractivity contribution in [2.75, 3.05) is 13.2 Å². The van der Waals surface area contributed by atoms with E-state index in [2.05, 4.69) is 19.2 Å². The third-order valence-electron chi connectivity index (χ3n) is 5.84. The smallest absolute Gasteiger partial charge is 0.326 e. The number of imide groups is 1. The molecule has 2 aliphatic rings. The van der Waals surface area contributed by atoms with E-state index >= 15 is 0 Å². The minimum Gasteiger partial charge on any atom is -0.454 e. The fourth-order valence-corrected chi connectivity index (χ4v) is 3.92. The van der Waals surface area contributed by atoms with Crippen molar-refractivity contribution in [2.45, 2.75) is 45.6 Å². The van der Waals surface area contributed by atoms with Crippen molar-refractivity contribution in [1.82, 2.24) is 10.2 Å². The second kappa shape index (κ2) is 8.54. The molecule has 7 nitrogen and oxygen atoms in total. The van der Waals surface area contributed by atoms with Crippen LogP contribution in [-0.2, 0) is 25.5 Å². The van der Waals surface area contributed by atoms with Crippen LogP contribution in [0.3, 0.4) is 0 Å². The quantitative estimate of drug-likeness (QED) is 0.614. The van der Waals surface area contributed by atoms with Crippen molar-refractivity contribution in [3.05, 3.63) is 35.4 Å². The zero-order valence-corrected chi connectivity index (χ0v) is 16.3. The summed E-state index contributed by atoms with van der Waals surface area (Å²) in [4.78, 5) is 49.7. The van der Waals surface area contributed by atoms with Crippen LogP contribution in [0.15, 0.2) is 24.3 Å². The van der Waals surface area contributed by atoms with Gasteiger partial charge in [0, 0.05) is 11.6 Å². The first-order chi connectivity index (χ1) is 13.4. The number of benzene rings is 1. The Kier molecular flexibility index (Phi) is 6.11. The number of nitrogens with one attached hydrogen (secondary N) is 1. The third kappa shape index (κ3) is 4.40. The van der Waals surface area contributed by atoms with Crippen LogP contribution in [0.5, 0.6) is 0 Å². The third-order valence-corrected chi connectivity index (χ3v) is 5.84. The Bertz CT molecular complexity index is 791. The summed E-state index contributed by atoms with van der Waals surface area (Å²) in [7, 11) is 0. The molecule has 3 rings (SSSR count). The molecule has 1 aliphatic carbocycles. The summed E-state index contributed by atoms with van der Waals surface area (Å²) in [5, 5.41) is 2.92. The Morgan fingerprint density at radius 3 is 2.71 bits per heavy atom. The highest BCUT2D eigenvalue weighted by molar-refractivity contribution is 6.11. The number of hydrogen-bond acceptors (Lipinski definition) is 5. The van der Waals surface area contributed by atoms with E-state index in [-0.39, 0.29) is 18.4 Å². The maximum Gasteiger partial charge on any atom is 0.326 e. The van der Waals surface area contributed by atoms with Crippen LogP contribution in [0.2, 0.25) is 0 Å². The number of ether oxygens (including phenoxy) is 1. The van der Waals surface area contributed by atoms with Crippen LogP contribution in [0.1, 0.15) is 49.0 Å². The van der Waals surface area contributed by atoms with Crippen molar-refractivity contribution in [2.24, 2.45) is 11.8 Å². The second-order valence-electron chi connectivity index (χ2n) is 7.72. The Hall–Kier alpha value is -2.70. The summed E-state index contributed by atoms with van der Waals surface area (Å²) in [6.07, 6.45) is 3.20. The van der Waals surface area contributed by atoms with Gasteiger partial charge < -0.3 is 10.1 Å². The van der Waals surface area contributed by atoms with Crippen molar-refractivity contribution in [1.29, 1.82) is 0 Å². The lowest BCUT2D eigenvalue weighted by Crippen LogP contribution is -2.47. The van der Waals surface area contributed by atoms with Crippen molar-refractivity contribution in [3.8, 4) is 0 Å². The molecule has 1 N–H and O–H groups in total. The molecule has 7 heteroatoms. The van der Waals surface area contributed by atoms with Gasteiger partial charge in [0.2, 0.25) is 5.91 Å². The number of carbonyl (C=O) groups excluding carboxylic acids is 4. The number of amides is 3. The van der Waals surface area contributed by atoms with E-state index in [9.17, 15) is 19.2 Å². The van der Waals surface area contributed by atoms with Gasteiger partial charge in [-0.25, -0.2) is 0 Å². The predicted molar refractivity (Wildman–Crippen MR) is 101 cm³/mol. The molecule has 1 heterocycles. The number of carbonyl (C=O) groups is 4. The molecule has 1 aromatic rings. The molecule has 1 aromatic carbocycles. The lowest BCUT2D eigenvalue weighted by molar-refractivity contribution is -0.151. The molecular formula is C21H26N2O5. The second-order valence-corrected chi connectivity index (χ2v) is 7.72. The molecule has 0 bridgehead atoms. The molecular weight excluding hydrogens is 360 g/mol. The molecule has 1 saturated carbocycles. The zero-order chi connectivity index (χ0) is 20.3. The molecule has 3 atom stereocenters. The van der Waals surface area contributed by atoms with Gasteiger partial charge in [-0.05, 0) is 29.9 Å². The van der Waals surface area contributed by atoms with Crippen molar-refractivity contribution < 1.29 is 23.9 Å². The minimum absolute atomic E-state index is 0.0629. The molecule has 0 unspecified atom stereocenters. The summed E-state index contributed by atoms with van der Waals surface area (Å²) in [6, 6.07) is 6.90. The molecule has 0 saturated heterocycles.